The van der Waals surface area contributed by atoms with E-state index in [0.29, 0.717) is 0 Å². The van der Waals surface area contributed by atoms with E-state index in [-0.39, 0.29) is 5.54 Å². The largest absolute Gasteiger partial charge is 0.309 e. The standard InChI is InChI=1S/C34H31NOP/c1-4-34(5-2)25(3)30-21-20-29(24-32(30)33-31-19-13-12-14-26(31)22-23-35(33)34)37(36,27-15-8-6-9-16-27)28-17-10-7-11-18-28/h6-24H,3-5H2,1-2H3/q+1. The molecule has 0 atom stereocenters. The Kier molecular flexibility index (Phi) is 5.74. The molecule has 0 saturated carbocycles. The van der Waals surface area contributed by atoms with Crippen molar-refractivity contribution in [1.29, 1.82) is 0 Å². The van der Waals surface area contributed by atoms with Crippen LogP contribution in [0.5, 0.6) is 0 Å². The lowest BCUT2D eigenvalue weighted by molar-refractivity contribution is -0.740. The molecule has 3 heteroatoms. The van der Waals surface area contributed by atoms with Crippen LogP contribution < -0.4 is 20.5 Å². The van der Waals surface area contributed by atoms with Gasteiger partial charge in [-0.3, -0.25) is 0 Å². The molecule has 4 aromatic carbocycles. The SMILES string of the molecule is C=C1c2ccc(P(=O)(c3ccccc3)c3ccccc3)cc2-c2c3ccccc3cc[n+]2C1(CC)CC. The van der Waals surface area contributed by atoms with Gasteiger partial charge in [-0.05, 0) is 23.1 Å². The maximum absolute atomic E-state index is 15.2. The number of pyridine rings is 1. The minimum absolute atomic E-state index is 0.198. The van der Waals surface area contributed by atoms with Gasteiger partial charge in [0.1, 0.15) is 0 Å². The van der Waals surface area contributed by atoms with Crippen molar-refractivity contribution in [2.45, 2.75) is 32.2 Å². The highest BCUT2D eigenvalue weighted by atomic mass is 31.2. The Morgan fingerprint density at radius 1 is 0.703 bits per heavy atom. The first kappa shape index (κ1) is 23.6. The van der Waals surface area contributed by atoms with Gasteiger partial charge in [-0.2, -0.15) is 4.57 Å². The van der Waals surface area contributed by atoms with E-state index in [9.17, 15) is 0 Å². The van der Waals surface area contributed by atoms with Gasteiger partial charge in [-0.25, -0.2) is 0 Å². The summed E-state index contributed by atoms with van der Waals surface area (Å²) in [6, 6.07) is 37.0. The van der Waals surface area contributed by atoms with Crippen molar-refractivity contribution in [2.24, 2.45) is 0 Å². The topological polar surface area (TPSA) is 20.9 Å². The van der Waals surface area contributed by atoms with Crippen molar-refractivity contribution >= 4 is 39.4 Å². The van der Waals surface area contributed by atoms with Gasteiger partial charge in [-0.15, -0.1) is 0 Å². The van der Waals surface area contributed by atoms with Gasteiger partial charge in [0.2, 0.25) is 5.69 Å². The Labute approximate surface area is 219 Å². The molecule has 1 aliphatic heterocycles. The molecule has 0 bridgehead atoms. The van der Waals surface area contributed by atoms with Gasteiger partial charge in [0.25, 0.3) is 0 Å². The Morgan fingerprint density at radius 3 is 1.92 bits per heavy atom. The fourth-order valence-electron chi connectivity index (χ4n) is 6.17. The Hall–Kier alpha value is -3.74. The van der Waals surface area contributed by atoms with E-state index in [1.165, 1.54) is 16.5 Å². The lowest BCUT2D eigenvalue weighted by Crippen LogP contribution is -2.59. The van der Waals surface area contributed by atoms with Crippen LogP contribution in [0.25, 0.3) is 27.6 Å². The monoisotopic (exact) mass is 500 g/mol. The first-order chi connectivity index (χ1) is 18.0. The molecule has 182 valence electrons. The van der Waals surface area contributed by atoms with Gasteiger partial charge >= 0.3 is 0 Å². The number of hydrogen-bond acceptors (Lipinski definition) is 1. The number of allylic oxidation sites excluding steroid dienone is 1. The summed E-state index contributed by atoms with van der Waals surface area (Å²) in [6.45, 7) is 9.15. The Balaban J connectivity index is 1.70. The zero-order valence-corrected chi connectivity index (χ0v) is 22.3. The predicted octanol–water partition coefficient (Wildman–Crippen LogP) is 6.98. The molecule has 0 radical (unpaired) electrons. The van der Waals surface area contributed by atoms with Crippen molar-refractivity contribution in [3.05, 3.63) is 128 Å². The minimum Gasteiger partial charge on any atom is -0.309 e. The molecule has 0 amide bonds. The van der Waals surface area contributed by atoms with E-state index < -0.39 is 7.14 Å². The second kappa shape index (κ2) is 8.98. The lowest BCUT2D eigenvalue weighted by atomic mass is 9.75. The second-order valence-corrected chi connectivity index (χ2v) is 12.6. The number of hydrogen-bond donors (Lipinski definition) is 0. The summed E-state index contributed by atoms with van der Waals surface area (Å²) in [6.07, 6.45) is 4.12. The Morgan fingerprint density at radius 2 is 1.30 bits per heavy atom. The number of fused-ring (bicyclic) bond motifs is 5. The maximum Gasteiger partial charge on any atom is 0.221 e. The van der Waals surface area contributed by atoms with Crippen molar-refractivity contribution in [3.63, 3.8) is 0 Å². The van der Waals surface area contributed by atoms with E-state index in [1.807, 2.05) is 60.7 Å². The summed E-state index contributed by atoms with van der Waals surface area (Å²) in [5.41, 5.74) is 4.36. The summed E-state index contributed by atoms with van der Waals surface area (Å²) in [7, 11) is -3.10. The van der Waals surface area contributed by atoms with Crippen molar-refractivity contribution in [3.8, 4) is 11.3 Å². The third-order valence-electron chi connectivity index (χ3n) is 8.24. The lowest BCUT2D eigenvalue weighted by Gasteiger charge is -2.35. The zero-order chi connectivity index (χ0) is 25.6. The molecule has 0 spiro atoms. The van der Waals surface area contributed by atoms with Gasteiger partial charge in [0.15, 0.2) is 18.9 Å². The average molecular weight is 501 g/mol. The van der Waals surface area contributed by atoms with E-state index in [4.69, 9.17) is 0 Å². The van der Waals surface area contributed by atoms with Crippen LogP contribution >= 0.6 is 7.14 Å². The van der Waals surface area contributed by atoms with Crippen LogP contribution in [-0.4, -0.2) is 0 Å². The highest BCUT2D eigenvalue weighted by Gasteiger charge is 2.47. The first-order valence-corrected chi connectivity index (χ1v) is 14.7. The number of benzene rings is 4. The van der Waals surface area contributed by atoms with Crippen molar-refractivity contribution in [1.82, 2.24) is 0 Å². The van der Waals surface area contributed by atoms with Crippen LogP contribution in [0.4, 0.5) is 0 Å². The highest BCUT2D eigenvalue weighted by Crippen LogP contribution is 2.48. The minimum atomic E-state index is -3.10. The maximum atomic E-state index is 15.2. The van der Waals surface area contributed by atoms with Crippen LogP contribution in [0.2, 0.25) is 0 Å². The summed E-state index contributed by atoms with van der Waals surface area (Å²) in [5.74, 6) is 0. The summed E-state index contributed by atoms with van der Waals surface area (Å²) in [4.78, 5) is 0. The first-order valence-electron chi connectivity index (χ1n) is 13.0. The van der Waals surface area contributed by atoms with E-state index in [2.05, 4.69) is 79.7 Å². The molecular formula is C34H31NOP+. The summed E-state index contributed by atoms with van der Waals surface area (Å²) < 4.78 is 17.6. The molecule has 0 N–H and O–H groups in total. The van der Waals surface area contributed by atoms with Crippen LogP contribution in [-0.2, 0) is 10.1 Å². The van der Waals surface area contributed by atoms with E-state index in [1.54, 1.807) is 0 Å². The third-order valence-corrected chi connectivity index (χ3v) is 11.3. The summed E-state index contributed by atoms with van der Waals surface area (Å²) in [5, 5.41) is 4.94. The highest BCUT2D eigenvalue weighted by molar-refractivity contribution is 7.85. The van der Waals surface area contributed by atoms with Gasteiger partial charge in [0, 0.05) is 40.4 Å². The number of nitrogens with zero attached hydrogens (tertiary/aromatic N) is 1. The van der Waals surface area contributed by atoms with Crippen LogP contribution in [0.15, 0.2) is 122 Å². The number of aromatic nitrogens is 1. The van der Waals surface area contributed by atoms with Gasteiger partial charge in [-0.1, -0.05) is 111 Å². The molecule has 2 heterocycles. The molecule has 0 unspecified atom stereocenters. The van der Waals surface area contributed by atoms with Crippen LogP contribution in [0.1, 0.15) is 32.3 Å². The molecule has 0 saturated heterocycles. The van der Waals surface area contributed by atoms with Gasteiger partial charge < -0.3 is 4.57 Å². The molecule has 5 aromatic rings. The molecule has 6 rings (SSSR count). The molecule has 1 aliphatic rings. The van der Waals surface area contributed by atoms with E-state index >= 15 is 4.57 Å². The number of rotatable bonds is 5. The average Bonchev–Trinajstić information content (AvgIpc) is 2.97. The molecule has 1 aromatic heterocycles. The van der Waals surface area contributed by atoms with Crippen molar-refractivity contribution < 1.29 is 9.13 Å². The van der Waals surface area contributed by atoms with E-state index in [0.717, 1.165) is 45.5 Å². The Bertz CT molecular complexity index is 1640. The molecule has 37 heavy (non-hydrogen) atoms. The van der Waals surface area contributed by atoms with Crippen LogP contribution in [0, 0.1) is 0 Å². The van der Waals surface area contributed by atoms with Gasteiger partial charge in [0.05, 0.1) is 10.9 Å². The molecule has 2 nitrogen and oxygen atoms in total. The molecule has 0 aliphatic carbocycles. The molecule has 0 fully saturated rings. The second-order valence-electron chi connectivity index (χ2n) is 9.85. The fraction of sp³-hybridized carbons (Fsp3) is 0.147. The predicted molar refractivity (Wildman–Crippen MR) is 157 cm³/mol. The van der Waals surface area contributed by atoms with Crippen molar-refractivity contribution in [2.75, 3.05) is 0 Å². The molecular weight excluding hydrogens is 469 g/mol. The normalized spacial score (nSPS) is 14.3. The fourth-order valence-corrected chi connectivity index (χ4v) is 8.85. The smallest absolute Gasteiger partial charge is 0.221 e. The van der Waals surface area contributed by atoms with Crippen LogP contribution in [0.3, 0.4) is 0 Å². The summed E-state index contributed by atoms with van der Waals surface area (Å²) >= 11 is 0. The third kappa shape index (κ3) is 3.40. The quantitative estimate of drug-likeness (QED) is 0.188. The zero-order valence-electron chi connectivity index (χ0n) is 21.4.